The third kappa shape index (κ3) is 5.07. The third-order valence-corrected chi connectivity index (χ3v) is 7.66. The third-order valence-electron chi connectivity index (χ3n) is 6.28. The molecule has 0 N–H and O–H groups in total. The van der Waals surface area contributed by atoms with Crippen molar-refractivity contribution < 1.29 is 19.0 Å². The van der Waals surface area contributed by atoms with Crippen molar-refractivity contribution >= 4 is 51.7 Å². The smallest absolute Gasteiger partial charge is 0.267 e. The van der Waals surface area contributed by atoms with Gasteiger partial charge in [-0.15, -0.1) is 0 Å². The number of thioether (sulfide) groups is 1. The van der Waals surface area contributed by atoms with Crippen LogP contribution < -0.4 is 19.9 Å². The molecule has 0 radical (unpaired) electrons. The van der Waals surface area contributed by atoms with Crippen LogP contribution in [-0.2, 0) is 16.0 Å². The van der Waals surface area contributed by atoms with Gasteiger partial charge in [-0.05, 0) is 42.3 Å². The first kappa shape index (κ1) is 25.2. The Kier molecular flexibility index (Phi) is 7.45. The first-order valence-corrected chi connectivity index (χ1v) is 13.0. The number of carbonyl (C=O) groups excluding carboxylic acids is 1. The fraction of sp³-hybridized carbons (Fsp3) is 0.308. The molecule has 2 aliphatic heterocycles. The lowest BCUT2D eigenvalue weighted by Gasteiger charge is -2.29. The van der Waals surface area contributed by atoms with E-state index in [0.717, 1.165) is 5.56 Å². The number of methoxy groups -OCH3 is 2. The monoisotopic (exact) mass is 538 g/mol. The van der Waals surface area contributed by atoms with Crippen LogP contribution in [0.5, 0.6) is 11.5 Å². The Morgan fingerprint density at radius 2 is 1.89 bits per heavy atom. The van der Waals surface area contributed by atoms with Crippen LogP contribution in [0.25, 0.3) is 11.7 Å². The second-order valence-electron chi connectivity index (χ2n) is 8.46. The van der Waals surface area contributed by atoms with E-state index in [9.17, 15) is 9.59 Å². The molecule has 9 nitrogen and oxygen atoms in total. The highest BCUT2D eigenvalue weighted by Gasteiger charge is 2.33. The van der Waals surface area contributed by atoms with Gasteiger partial charge >= 0.3 is 0 Å². The van der Waals surface area contributed by atoms with Crippen LogP contribution >= 0.6 is 24.0 Å². The van der Waals surface area contributed by atoms with Crippen molar-refractivity contribution in [1.29, 1.82) is 0 Å². The van der Waals surface area contributed by atoms with Crippen LogP contribution in [0.15, 0.2) is 52.3 Å². The van der Waals surface area contributed by atoms with Crippen molar-refractivity contribution in [2.45, 2.75) is 6.42 Å². The summed E-state index contributed by atoms with van der Waals surface area (Å²) < 4.78 is 18.1. The van der Waals surface area contributed by atoms with Crippen LogP contribution in [0, 0.1) is 0 Å². The summed E-state index contributed by atoms with van der Waals surface area (Å²) in [5.41, 5.74) is 1.67. The van der Waals surface area contributed by atoms with Crippen LogP contribution in [-0.4, -0.2) is 71.6 Å². The van der Waals surface area contributed by atoms with Gasteiger partial charge in [0.05, 0.1) is 37.9 Å². The number of pyridine rings is 1. The Balaban J connectivity index is 1.44. The van der Waals surface area contributed by atoms with Gasteiger partial charge in [0.15, 0.2) is 11.5 Å². The number of carbonyl (C=O) groups is 1. The molecule has 4 heterocycles. The average Bonchev–Trinajstić information content (AvgIpc) is 3.20. The predicted octanol–water partition coefficient (Wildman–Crippen LogP) is 2.99. The molecule has 192 valence electrons. The summed E-state index contributed by atoms with van der Waals surface area (Å²) in [4.78, 5) is 35.7. The van der Waals surface area contributed by atoms with E-state index >= 15 is 0 Å². The van der Waals surface area contributed by atoms with Crippen LogP contribution in [0.3, 0.4) is 0 Å². The molecular weight excluding hydrogens is 512 g/mol. The summed E-state index contributed by atoms with van der Waals surface area (Å²) in [6.07, 6.45) is 3.90. The molecular formula is C26H26N4O5S2. The second kappa shape index (κ2) is 10.9. The van der Waals surface area contributed by atoms with Crippen molar-refractivity contribution in [2.75, 3.05) is 52.0 Å². The Bertz CT molecular complexity index is 1450. The van der Waals surface area contributed by atoms with Gasteiger partial charge in [-0.1, -0.05) is 36.1 Å². The van der Waals surface area contributed by atoms with Gasteiger partial charge in [-0.3, -0.25) is 18.9 Å². The lowest BCUT2D eigenvalue weighted by Crippen LogP contribution is -2.38. The van der Waals surface area contributed by atoms with Crippen molar-refractivity contribution in [3.63, 3.8) is 0 Å². The number of benzene rings is 1. The first-order valence-electron chi connectivity index (χ1n) is 11.8. The zero-order valence-electron chi connectivity index (χ0n) is 20.5. The van der Waals surface area contributed by atoms with Gasteiger partial charge in [0.1, 0.15) is 15.8 Å². The fourth-order valence-electron chi connectivity index (χ4n) is 4.33. The normalized spacial score (nSPS) is 17.2. The minimum absolute atomic E-state index is 0.221. The molecule has 0 unspecified atom stereocenters. The van der Waals surface area contributed by atoms with Crippen molar-refractivity contribution in [3.05, 3.63) is 69.0 Å². The maximum absolute atomic E-state index is 13.5. The van der Waals surface area contributed by atoms with E-state index in [1.54, 1.807) is 43.5 Å². The lowest BCUT2D eigenvalue weighted by atomic mass is 10.1. The number of fused-ring (bicyclic) bond motifs is 1. The zero-order valence-corrected chi connectivity index (χ0v) is 22.1. The molecule has 2 aromatic heterocycles. The predicted molar refractivity (Wildman–Crippen MR) is 148 cm³/mol. The summed E-state index contributed by atoms with van der Waals surface area (Å²) in [7, 11) is 3.18. The molecule has 37 heavy (non-hydrogen) atoms. The molecule has 0 aliphatic carbocycles. The number of hydrogen-bond acceptors (Lipinski definition) is 9. The molecule has 5 rings (SSSR count). The number of anilines is 1. The SMILES string of the molecule is COc1ccc(CCN2C(=O)C(=Cc3c(N4CCOCC4)nc4ccccn4c3=O)SC2=S)cc1OC. The molecule has 1 aromatic carbocycles. The molecule has 0 bridgehead atoms. The number of rotatable bonds is 7. The summed E-state index contributed by atoms with van der Waals surface area (Å²) >= 11 is 6.74. The maximum atomic E-state index is 13.5. The Labute approximate surface area is 223 Å². The van der Waals surface area contributed by atoms with Crippen molar-refractivity contribution in [3.8, 4) is 11.5 Å². The number of morpholine rings is 1. The van der Waals surface area contributed by atoms with Crippen LogP contribution in [0.4, 0.5) is 5.82 Å². The molecule has 0 saturated carbocycles. The van der Waals surface area contributed by atoms with E-state index in [1.807, 2.05) is 29.2 Å². The molecule has 0 spiro atoms. The van der Waals surface area contributed by atoms with Crippen LogP contribution in [0.1, 0.15) is 11.1 Å². The minimum Gasteiger partial charge on any atom is -0.493 e. The highest BCUT2D eigenvalue weighted by Crippen LogP contribution is 2.34. The molecule has 2 fully saturated rings. The van der Waals surface area contributed by atoms with Gasteiger partial charge in [-0.25, -0.2) is 4.98 Å². The van der Waals surface area contributed by atoms with E-state index in [2.05, 4.69) is 0 Å². The van der Waals surface area contributed by atoms with Gasteiger partial charge < -0.3 is 19.1 Å². The Hall–Kier alpha value is -3.41. The highest BCUT2D eigenvalue weighted by atomic mass is 32.2. The quantitative estimate of drug-likeness (QED) is 0.333. The van der Waals surface area contributed by atoms with E-state index in [1.165, 1.54) is 16.2 Å². The highest BCUT2D eigenvalue weighted by molar-refractivity contribution is 8.26. The first-order chi connectivity index (χ1) is 18.0. The summed E-state index contributed by atoms with van der Waals surface area (Å²) in [6.45, 7) is 2.73. The van der Waals surface area contributed by atoms with Crippen molar-refractivity contribution in [1.82, 2.24) is 14.3 Å². The standard InChI is InChI=1S/C26H26N4O5S2/c1-33-19-7-6-17(15-20(19)34-2)8-10-30-25(32)21(37-26(30)36)16-18-23(28-11-13-35-14-12-28)27-22-5-3-4-9-29(22)24(18)31/h3-7,9,15-16H,8,10-14H2,1-2H3. The maximum Gasteiger partial charge on any atom is 0.267 e. The summed E-state index contributed by atoms with van der Waals surface area (Å²) in [5, 5.41) is 0. The van der Waals surface area contributed by atoms with E-state index in [-0.39, 0.29) is 11.5 Å². The Morgan fingerprint density at radius 3 is 2.65 bits per heavy atom. The average molecular weight is 539 g/mol. The van der Waals surface area contributed by atoms with Crippen LogP contribution in [0.2, 0.25) is 0 Å². The number of aromatic nitrogens is 2. The number of thiocarbonyl (C=S) groups is 1. The molecule has 2 aliphatic rings. The van der Waals surface area contributed by atoms with E-state index in [0.29, 0.717) is 77.0 Å². The summed E-state index contributed by atoms with van der Waals surface area (Å²) in [5.74, 6) is 1.60. The molecule has 0 atom stereocenters. The number of nitrogens with zero attached hydrogens (tertiary/aromatic N) is 4. The van der Waals surface area contributed by atoms with Gasteiger partial charge in [0.2, 0.25) is 0 Å². The van der Waals surface area contributed by atoms with Gasteiger partial charge in [-0.2, -0.15) is 0 Å². The minimum atomic E-state index is -0.234. The second-order valence-corrected chi connectivity index (χ2v) is 10.1. The lowest BCUT2D eigenvalue weighted by molar-refractivity contribution is -0.122. The summed E-state index contributed by atoms with van der Waals surface area (Å²) in [6, 6.07) is 11.1. The number of amides is 1. The van der Waals surface area contributed by atoms with E-state index in [4.69, 9.17) is 31.4 Å². The van der Waals surface area contributed by atoms with Gasteiger partial charge in [0, 0.05) is 25.8 Å². The number of hydrogen-bond donors (Lipinski definition) is 0. The number of ether oxygens (including phenoxy) is 3. The molecule has 11 heteroatoms. The molecule has 3 aromatic rings. The zero-order chi connectivity index (χ0) is 25.9. The van der Waals surface area contributed by atoms with Crippen molar-refractivity contribution in [2.24, 2.45) is 0 Å². The van der Waals surface area contributed by atoms with Gasteiger partial charge in [0.25, 0.3) is 11.5 Å². The largest absolute Gasteiger partial charge is 0.493 e. The van der Waals surface area contributed by atoms with E-state index < -0.39 is 0 Å². The fourth-order valence-corrected chi connectivity index (χ4v) is 5.62. The Morgan fingerprint density at radius 1 is 1.11 bits per heavy atom. The topological polar surface area (TPSA) is 85.6 Å². The molecule has 2 saturated heterocycles. The molecule has 1 amide bonds.